The number of ketones is 1. The number of hydrogen-bond acceptors (Lipinski definition) is 5. The van der Waals surface area contributed by atoms with E-state index in [0.29, 0.717) is 18.5 Å². The first-order chi connectivity index (χ1) is 16.2. The number of alkyl halides is 2. The number of carbonyl (C=O) groups excluding carboxylic acids is 2. The maximum absolute atomic E-state index is 13.1. The minimum absolute atomic E-state index is 0.0241. The Morgan fingerprint density at radius 2 is 1.71 bits per heavy atom. The zero-order valence-electron chi connectivity index (χ0n) is 18.9. The minimum Gasteiger partial charge on any atom is -0.493 e. The number of rotatable bonds is 10. The second-order valence-corrected chi connectivity index (χ2v) is 7.56. The standard InChI is InChI=1S/C25H24F3NO5/c1-15-12-20(16(2)29(15)11-10-17-4-7-19(26)8-5-17)21(30)14-33-24(31)18-6-9-22(34-25(27)28)23(13-18)32-3/h4-9,12-13,25H,10-11,14H2,1-3H3. The second-order valence-electron chi connectivity index (χ2n) is 7.56. The number of ether oxygens (including phenoxy) is 3. The van der Waals surface area contributed by atoms with E-state index in [1.807, 2.05) is 11.5 Å². The predicted octanol–water partition coefficient (Wildman–Crippen LogP) is 5.14. The molecular formula is C25H24F3NO5. The lowest BCUT2D eigenvalue weighted by atomic mass is 10.1. The first-order valence-corrected chi connectivity index (χ1v) is 10.4. The average molecular weight is 475 g/mol. The summed E-state index contributed by atoms with van der Waals surface area (Å²) in [7, 11) is 1.25. The summed E-state index contributed by atoms with van der Waals surface area (Å²) in [5.41, 5.74) is 3.03. The molecule has 0 unspecified atom stereocenters. The number of carbonyl (C=O) groups is 2. The van der Waals surface area contributed by atoms with Crippen LogP contribution in [0.1, 0.15) is 37.7 Å². The molecule has 0 bridgehead atoms. The second kappa shape index (κ2) is 10.9. The van der Waals surface area contributed by atoms with Crippen molar-refractivity contribution < 1.29 is 37.0 Å². The van der Waals surface area contributed by atoms with Gasteiger partial charge in [-0.1, -0.05) is 12.1 Å². The van der Waals surface area contributed by atoms with Crippen molar-refractivity contribution in [3.63, 3.8) is 0 Å². The molecule has 1 aromatic heterocycles. The van der Waals surface area contributed by atoms with Crippen LogP contribution in [0, 0.1) is 19.7 Å². The number of benzene rings is 2. The Bertz CT molecular complexity index is 1170. The summed E-state index contributed by atoms with van der Waals surface area (Å²) in [5.74, 6) is -1.76. The van der Waals surface area contributed by atoms with Crippen molar-refractivity contribution >= 4 is 11.8 Å². The quantitative estimate of drug-likeness (QED) is 0.300. The molecule has 0 N–H and O–H groups in total. The number of methoxy groups -OCH3 is 1. The van der Waals surface area contributed by atoms with Gasteiger partial charge in [-0.2, -0.15) is 8.78 Å². The fourth-order valence-electron chi connectivity index (χ4n) is 3.60. The van der Waals surface area contributed by atoms with Crippen LogP contribution < -0.4 is 9.47 Å². The van der Waals surface area contributed by atoms with Crippen molar-refractivity contribution in [1.29, 1.82) is 0 Å². The smallest absolute Gasteiger partial charge is 0.387 e. The molecule has 1 heterocycles. The van der Waals surface area contributed by atoms with Gasteiger partial charge < -0.3 is 18.8 Å². The highest BCUT2D eigenvalue weighted by atomic mass is 19.3. The van der Waals surface area contributed by atoms with Crippen molar-refractivity contribution in [2.45, 2.75) is 33.4 Å². The molecular weight excluding hydrogens is 451 g/mol. The van der Waals surface area contributed by atoms with Gasteiger partial charge in [0.15, 0.2) is 18.1 Å². The van der Waals surface area contributed by atoms with E-state index < -0.39 is 19.2 Å². The van der Waals surface area contributed by atoms with Gasteiger partial charge in [0.25, 0.3) is 0 Å². The molecule has 0 atom stereocenters. The highest BCUT2D eigenvalue weighted by Gasteiger charge is 2.19. The van der Waals surface area contributed by atoms with Crippen LogP contribution in [0.15, 0.2) is 48.5 Å². The summed E-state index contributed by atoms with van der Waals surface area (Å²) in [4.78, 5) is 25.1. The molecule has 0 aliphatic heterocycles. The van der Waals surface area contributed by atoms with E-state index in [9.17, 15) is 22.8 Å². The van der Waals surface area contributed by atoms with Gasteiger partial charge in [-0.15, -0.1) is 0 Å². The lowest BCUT2D eigenvalue weighted by Crippen LogP contribution is -2.15. The molecule has 0 saturated carbocycles. The van der Waals surface area contributed by atoms with Gasteiger partial charge in [0.2, 0.25) is 5.78 Å². The lowest BCUT2D eigenvalue weighted by Gasteiger charge is -2.11. The average Bonchev–Trinajstić information content (AvgIpc) is 3.10. The molecule has 0 radical (unpaired) electrons. The predicted molar refractivity (Wildman–Crippen MR) is 118 cm³/mol. The number of esters is 1. The van der Waals surface area contributed by atoms with Gasteiger partial charge in [0, 0.05) is 23.5 Å². The van der Waals surface area contributed by atoms with Crippen LogP contribution in [-0.4, -0.2) is 36.6 Å². The molecule has 0 spiro atoms. The van der Waals surface area contributed by atoms with Crippen molar-refractivity contribution in [3.8, 4) is 11.5 Å². The zero-order chi connectivity index (χ0) is 24.8. The maximum atomic E-state index is 13.1. The highest BCUT2D eigenvalue weighted by molar-refractivity contribution is 6.00. The first kappa shape index (κ1) is 24.9. The van der Waals surface area contributed by atoms with Gasteiger partial charge in [-0.3, -0.25) is 4.79 Å². The molecule has 0 aliphatic carbocycles. The number of aromatic nitrogens is 1. The summed E-state index contributed by atoms with van der Waals surface area (Å²) in [6, 6.07) is 11.6. The van der Waals surface area contributed by atoms with Gasteiger partial charge >= 0.3 is 12.6 Å². The number of Topliss-reactive ketones (excluding diaryl/α,β-unsaturated/α-hetero) is 1. The molecule has 9 heteroatoms. The van der Waals surface area contributed by atoms with Crippen LogP contribution in [0.25, 0.3) is 0 Å². The van der Waals surface area contributed by atoms with Crippen LogP contribution in [0.2, 0.25) is 0 Å². The Morgan fingerprint density at radius 3 is 2.35 bits per heavy atom. The Kier molecular flexibility index (Phi) is 7.99. The summed E-state index contributed by atoms with van der Waals surface area (Å²) >= 11 is 0. The molecule has 180 valence electrons. The van der Waals surface area contributed by atoms with E-state index in [1.54, 1.807) is 25.1 Å². The first-order valence-electron chi connectivity index (χ1n) is 10.4. The van der Waals surface area contributed by atoms with Gasteiger partial charge in [0.1, 0.15) is 5.82 Å². The van der Waals surface area contributed by atoms with E-state index in [1.165, 1.54) is 31.4 Å². The number of hydrogen-bond donors (Lipinski definition) is 0. The van der Waals surface area contributed by atoms with E-state index >= 15 is 0 Å². The lowest BCUT2D eigenvalue weighted by molar-refractivity contribution is -0.0512. The van der Waals surface area contributed by atoms with Crippen molar-refractivity contribution in [2.75, 3.05) is 13.7 Å². The molecule has 0 saturated heterocycles. The fourth-order valence-corrected chi connectivity index (χ4v) is 3.60. The number of halogens is 3. The third-order valence-electron chi connectivity index (χ3n) is 5.36. The highest BCUT2D eigenvalue weighted by Crippen LogP contribution is 2.29. The molecule has 0 aliphatic rings. The summed E-state index contributed by atoms with van der Waals surface area (Å²) < 4.78 is 54.4. The minimum atomic E-state index is -3.04. The van der Waals surface area contributed by atoms with E-state index in [-0.39, 0.29) is 28.7 Å². The van der Waals surface area contributed by atoms with Gasteiger partial charge in [-0.05, 0) is 62.2 Å². The monoisotopic (exact) mass is 475 g/mol. The van der Waals surface area contributed by atoms with E-state index in [2.05, 4.69) is 4.74 Å². The summed E-state index contributed by atoms with van der Waals surface area (Å²) in [5, 5.41) is 0. The van der Waals surface area contributed by atoms with Crippen molar-refractivity contribution in [3.05, 3.63) is 82.4 Å². The third-order valence-corrected chi connectivity index (χ3v) is 5.36. The summed E-state index contributed by atoms with van der Waals surface area (Å²) in [6.07, 6.45) is 0.659. The van der Waals surface area contributed by atoms with Gasteiger partial charge in [-0.25, -0.2) is 9.18 Å². The van der Waals surface area contributed by atoms with E-state index in [0.717, 1.165) is 23.0 Å². The van der Waals surface area contributed by atoms with Crippen LogP contribution >= 0.6 is 0 Å². The number of aryl methyl sites for hydroxylation is 2. The molecule has 3 rings (SSSR count). The van der Waals surface area contributed by atoms with E-state index in [4.69, 9.17) is 9.47 Å². The Hall–Kier alpha value is -3.75. The zero-order valence-corrected chi connectivity index (χ0v) is 18.9. The molecule has 0 amide bonds. The third kappa shape index (κ3) is 5.98. The van der Waals surface area contributed by atoms with Crippen LogP contribution in [-0.2, 0) is 17.7 Å². The molecule has 3 aromatic rings. The van der Waals surface area contributed by atoms with Crippen molar-refractivity contribution in [2.24, 2.45) is 0 Å². The Morgan fingerprint density at radius 1 is 1.00 bits per heavy atom. The fraction of sp³-hybridized carbons (Fsp3) is 0.280. The SMILES string of the molecule is COc1cc(C(=O)OCC(=O)c2cc(C)n(CCc3ccc(F)cc3)c2C)ccc1OC(F)F. The molecule has 34 heavy (non-hydrogen) atoms. The normalized spacial score (nSPS) is 10.9. The van der Waals surface area contributed by atoms with Crippen LogP contribution in [0.4, 0.5) is 13.2 Å². The van der Waals surface area contributed by atoms with Crippen molar-refractivity contribution in [1.82, 2.24) is 4.57 Å². The molecule has 6 nitrogen and oxygen atoms in total. The molecule has 2 aromatic carbocycles. The Balaban J connectivity index is 1.64. The Labute approximate surface area is 194 Å². The largest absolute Gasteiger partial charge is 0.493 e. The van der Waals surface area contributed by atoms with Crippen LogP contribution in [0.3, 0.4) is 0 Å². The van der Waals surface area contributed by atoms with Crippen LogP contribution in [0.5, 0.6) is 11.5 Å². The molecule has 0 fully saturated rings. The van der Waals surface area contributed by atoms with Gasteiger partial charge in [0.05, 0.1) is 12.7 Å². The maximum Gasteiger partial charge on any atom is 0.387 e. The topological polar surface area (TPSA) is 66.8 Å². The summed E-state index contributed by atoms with van der Waals surface area (Å²) in [6.45, 7) is 0.746. The number of nitrogens with zero attached hydrogens (tertiary/aromatic N) is 1.